The Hall–Kier alpha value is -4.19. The van der Waals surface area contributed by atoms with Crippen molar-refractivity contribution in [3.05, 3.63) is 107 Å². The fourth-order valence-corrected chi connectivity index (χ4v) is 5.22. The Morgan fingerprint density at radius 3 is 2.26 bits per heavy atom. The third kappa shape index (κ3) is 5.40. The van der Waals surface area contributed by atoms with Crippen LogP contribution >= 0.6 is 0 Å². The van der Waals surface area contributed by atoms with Crippen molar-refractivity contribution in [1.82, 2.24) is 0 Å². The van der Waals surface area contributed by atoms with Gasteiger partial charge in [0.25, 0.3) is 0 Å². The SMILES string of the molecule is COc1cc([C@@H]2C3=C(CCCC3=O)N=C(C)C2C(=O)OCc2ccccc2)ccc1OCc1ccccc1. The molecule has 1 heterocycles. The molecule has 3 aromatic carbocycles. The maximum atomic E-state index is 13.5. The summed E-state index contributed by atoms with van der Waals surface area (Å²) >= 11 is 0. The van der Waals surface area contributed by atoms with Gasteiger partial charge in [-0.25, -0.2) is 0 Å². The summed E-state index contributed by atoms with van der Waals surface area (Å²) < 4.78 is 17.5. The second-order valence-electron chi connectivity index (χ2n) is 9.62. The van der Waals surface area contributed by atoms with Crippen LogP contribution in [0.25, 0.3) is 0 Å². The smallest absolute Gasteiger partial charge is 0.315 e. The Morgan fingerprint density at radius 1 is 0.895 bits per heavy atom. The highest BCUT2D eigenvalue weighted by atomic mass is 16.5. The summed E-state index contributed by atoms with van der Waals surface area (Å²) in [6, 6.07) is 25.1. The number of esters is 1. The van der Waals surface area contributed by atoms with Crippen molar-refractivity contribution in [1.29, 1.82) is 0 Å². The van der Waals surface area contributed by atoms with Gasteiger partial charge in [-0.05, 0) is 48.6 Å². The van der Waals surface area contributed by atoms with E-state index in [1.165, 1.54) is 0 Å². The van der Waals surface area contributed by atoms with Gasteiger partial charge >= 0.3 is 5.97 Å². The molecule has 0 saturated heterocycles. The van der Waals surface area contributed by atoms with Gasteiger partial charge in [-0.15, -0.1) is 0 Å². The first-order valence-corrected chi connectivity index (χ1v) is 12.9. The Bertz CT molecular complexity index is 1380. The second-order valence-corrected chi connectivity index (χ2v) is 9.62. The first kappa shape index (κ1) is 25.5. The van der Waals surface area contributed by atoms with E-state index in [1.54, 1.807) is 7.11 Å². The molecule has 194 valence electrons. The van der Waals surface area contributed by atoms with Crippen LogP contribution in [0.5, 0.6) is 11.5 Å². The van der Waals surface area contributed by atoms with Crippen molar-refractivity contribution >= 4 is 17.5 Å². The van der Waals surface area contributed by atoms with Gasteiger partial charge in [0.1, 0.15) is 19.1 Å². The largest absolute Gasteiger partial charge is 0.493 e. The molecular formula is C32H31NO5. The van der Waals surface area contributed by atoms with Gasteiger partial charge in [0.15, 0.2) is 17.3 Å². The van der Waals surface area contributed by atoms with Crippen molar-refractivity contribution in [2.75, 3.05) is 7.11 Å². The van der Waals surface area contributed by atoms with E-state index in [4.69, 9.17) is 19.2 Å². The molecule has 5 rings (SSSR count). The number of carbonyl (C=O) groups excluding carboxylic acids is 2. The lowest BCUT2D eigenvalue weighted by atomic mass is 9.71. The molecule has 0 bridgehead atoms. The van der Waals surface area contributed by atoms with Crippen LogP contribution < -0.4 is 9.47 Å². The number of methoxy groups -OCH3 is 1. The molecule has 1 aliphatic heterocycles. The molecule has 2 atom stereocenters. The third-order valence-electron chi connectivity index (χ3n) is 7.10. The van der Waals surface area contributed by atoms with Gasteiger partial charge in [-0.2, -0.15) is 0 Å². The minimum atomic E-state index is -0.708. The molecule has 6 nitrogen and oxygen atoms in total. The summed E-state index contributed by atoms with van der Waals surface area (Å²) in [5.41, 5.74) is 4.79. The van der Waals surface area contributed by atoms with Crippen LogP contribution in [0.15, 0.2) is 95.1 Å². The van der Waals surface area contributed by atoms with Crippen molar-refractivity contribution in [2.24, 2.45) is 10.9 Å². The van der Waals surface area contributed by atoms with Crippen molar-refractivity contribution in [3.63, 3.8) is 0 Å². The number of ether oxygens (including phenoxy) is 3. The first-order valence-electron chi connectivity index (χ1n) is 12.9. The quantitative estimate of drug-likeness (QED) is 0.338. The number of carbonyl (C=O) groups is 2. The Morgan fingerprint density at radius 2 is 1.58 bits per heavy atom. The average molecular weight is 510 g/mol. The lowest BCUT2D eigenvalue weighted by Crippen LogP contribution is -2.37. The van der Waals surface area contributed by atoms with Gasteiger partial charge in [-0.1, -0.05) is 66.7 Å². The van der Waals surface area contributed by atoms with Crippen LogP contribution in [0, 0.1) is 5.92 Å². The lowest BCUT2D eigenvalue weighted by Gasteiger charge is -2.34. The van der Waals surface area contributed by atoms with Crippen LogP contribution in [0.2, 0.25) is 0 Å². The van der Waals surface area contributed by atoms with Crippen LogP contribution in [0.3, 0.4) is 0 Å². The Balaban J connectivity index is 1.47. The lowest BCUT2D eigenvalue weighted by molar-refractivity contribution is -0.148. The highest BCUT2D eigenvalue weighted by molar-refractivity contribution is 6.08. The summed E-state index contributed by atoms with van der Waals surface area (Å²) in [6.45, 7) is 2.40. The average Bonchev–Trinajstić information content (AvgIpc) is 2.95. The van der Waals surface area contributed by atoms with Gasteiger partial charge in [-0.3, -0.25) is 14.6 Å². The number of aliphatic imine (C=N–C) groups is 1. The molecule has 0 aromatic heterocycles. The van der Waals surface area contributed by atoms with E-state index < -0.39 is 17.8 Å². The van der Waals surface area contributed by atoms with Crippen molar-refractivity contribution < 1.29 is 23.8 Å². The predicted molar refractivity (Wildman–Crippen MR) is 145 cm³/mol. The molecule has 0 fully saturated rings. The van der Waals surface area contributed by atoms with Crippen LogP contribution in [-0.2, 0) is 27.5 Å². The summed E-state index contributed by atoms with van der Waals surface area (Å²) in [6.07, 6.45) is 1.93. The van der Waals surface area contributed by atoms with Gasteiger partial charge in [0.05, 0.1) is 7.11 Å². The summed E-state index contributed by atoms with van der Waals surface area (Å²) in [5, 5.41) is 0. The molecule has 0 spiro atoms. The standard InChI is InChI=1S/C32H31NO5/c1-21-29(32(35)38-20-23-12-7-4-8-13-23)30(31-25(33-21)14-9-15-26(31)34)24-16-17-27(28(18-24)36-2)37-19-22-10-5-3-6-11-22/h3-8,10-13,16-18,29-30H,9,14-15,19-20H2,1-2H3/t29?,30-/m0/s1. The van der Waals surface area contributed by atoms with E-state index in [9.17, 15) is 9.59 Å². The number of rotatable bonds is 8. The number of benzene rings is 3. The number of hydrogen-bond donors (Lipinski definition) is 0. The number of hydrogen-bond acceptors (Lipinski definition) is 6. The zero-order valence-electron chi connectivity index (χ0n) is 21.7. The monoisotopic (exact) mass is 509 g/mol. The molecule has 1 unspecified atom stereocenters. The maximum Gasteiger partial charge on any atom is 0.315 e. The highest BCUT2D eigenvalue weighted by Crippen LogP contribution is 2.45. The fraction of sp³-hybridized carbons (Fsp3) is 0.281. The zero-order chi connectivity index (χ0) is 26.5. The number of allylic oxidation sites excluding steroid dienone is 2. The van der Waals surface area contributed by atoms with E-state index in [0.29, 0.717) is 35.8 Å². The Labute approximate surface area is 223 Å². The predicted octanol–water partition coefficient (Wildman–Crippen LogP) is 6.20. The number of Topliss-reactive ketones (excluding diaryl/α,β-unsaturated/α-hetero) is 1. The third-order valence-corrected chi connectivity index (χ3v) is 7.10. The minimum Gasteiger partial charge on any atom is -0.493 e. The molecule has 3 aromatic rings. The van der Waals surface area contributed by atoms with Crippen LogP contribution in [0.4, 0.5) is 0 Å². The summed E-state index contributed by atoms with van der Waals surface area (Å²) in [4.78, 5) is 31.5. The topological polar surface area (TPSA) is 74.2 Å². The molecule has 1 aliphatic carbocycles. The minimum absolute atomic E-state index is 0.0386. The zero-order valence-corrected chi connectivity index (χ0v) is 21.7. The van der Waals surface area contributed by atoms with Crippen LogP contribution in [-0.4, -0.2) is 24.6 Å². The molecule has 0 amide bonds. The summed E-state index contributed by atoms with van der Waals surface area (Å²) in [7, 11) is 1.59. The molecule has 6 heteroatoms. The molecule has 0 N–H and O–H groups in total. The maximum absolute atomic E-state index is 13.5. The molecule has 38 heavy (non-hydrogen) atoms. The van der Waals surface area contributed by atoms with Crippen molar-refractivity contribution in [2.45, 2.75) is 45.3 Å². The van der Waals surface area contributed by atoms with Crippen molar-refractivity contribution in [3.8, 4) is 11.5 Å². The summed E-state index contributed by atoms with van der Waals surface area (Å²) in [5.74, 6) is -0.435. The van der Waals surface area contributed by atoms with Gasteiger partial charge in [0.2, 0.25) is 0 Å². The molecule has 2 aliphatic rings. The molecular weight excluding hydrogens is 478 g/mol. The van der Waals surface area contributed by atoms with E-state index >= 15 is 0 Å². The first-order chi connectivity index (χ1) is 18.5. The number of nitrogens with zero attached hydrogens (tertiary/aromatic N) is 1. The number of ketones is 1. The highest BCUT2D eigenvalue weighted by Gasteiger charge is 2.43. The van der Waals surface area contributed by atoms with Crippen LogP contribution in [0.1, 0.15) is 48.8 Å². The van der Waals surface area contributed by atoms with Gasteiger partial charge in [0, 0.05) is 29.3 Å². The van der Waals surface area contributed by atoms with E-state index in [0.717, 1.165) is 35.2 Å². The second kappa shape index (κ2) is 11.5. The van der Waals surface area contributed by atoms with E-state index in [2.05, 4.69) is 0 Å². The Kier molecular flexibility index (Phi) is 7.68. The molecule has 0 radical (unpaired) electrons. The molecule has 0 saturated carbocycles. The van der Waals surface area contributed by atoms with E-state index in [1.807, 2.05) is 85.8 Å². The normalized spacial score (nSPS) is 18.9. The van der Waals surface area contributed by atoms with E-state index in [-0.39, 0.29) is 12.4 Å². The van der Waals surface area contributed by atoms with Gasteiger partial charge < -0.3 is 14.2 Å². The fourth-order valence-electron chi connectivity index (χ4n) is 5.22.